The van der Waals surface area contributed by atoms with E-state index in [9.17, 15) is 9.59 Å². The Kier molecular flexibility index (Phi) is 5.43. The summed E-state index contributed by atoms with van der Waals surface area (Å²) >= 11 is 6.14. The van der Waals surface area contributed by atoms with E-state index in [-0.39, 0.29) is 0 Å². The van der Waals surface area contributed by atoms with Gasteiger partial charge in [-0.3, -0.25) is 9.59 Å². The predicted octanol–water partition coefficient (Wildman–Crippen LogP) is 4.93. The number of nitrogens with one attached hydrogen (secondary N) is 1. The van der Waals surface area contributed by atoms with Gasteiger partial charge in [-0.05, 0) is 30.2 Å². The zero-order chi connectivity index (χ0) is 18.7. The van der Waals surface area contributed by atoms with E-state index in [2.05, 4.69) is 11.9 Å². The third-order valence-corrected chi connectivity index (χ3v) is 4.67. The van der Waals surface area contributed by atoms with Gasteiger partial charge < -0.3 is 9.88 Å². The fourth-order valence-corrected chi connectivity index (χ4v) is 3.17. The molecule has 0 saturated carbocycles. The van der Waals surface area contributed by atoms with E-state index >= 15 is 0 Å². The van der Waals surface area contributed by atoms with Crippen LogP contribution < -0.4 is 0 Å². The highest BCUT2D eigenvalue weighted by molar-refractivity contribution is 6.46. The molecule has 0 spiro atoms. The molecule has 0 bridgehead atoms. The van der Waals surface area contributed by atoms with Gasteiger partial charge in [-0.1, -0.05) is 55.3 Å². The van der Waals surface area contributed by atoms with Crippen molar-refractivity contribution in [3.05, 3.63) is 59.1 Å². The Morgan fingerprint density at radius 3 is 2.54 bits per heavy atom. The molecular weight excluding hydrogens is 348 g/mol. The molecule has 0 fully saturated rings. The van der Waals surface area contributed by atoms with Crippen LogP contribution in [0, 0.1) is 0 Å². The van der Waals surface area contributed by atoms with Gasteiger partial charge in [0.05, 0.1) is 11.3 Å². The number of amides is 1. The summed E-state index contributed by atoms with van der Waals surface area (Å²) in [6.07, 6.45) is 1.82. The van der Waals surface area contributed by atoms with E-state index in [4.69, 9.17) is 11.6 Å². The number of nitrogens with zero attached hydrogens (tertiary/aromatic N) is 1. The molecule has 0 aliphatic carbocycles. The molecule has 3 rings (SSSR count). The number of aromatic nitrogens is 1. The third kappa shape index (κ3) is 3.51. The highest BCUT2D eigenvalue weighted by Crippen LogP contribution is 2.32. The number of carbonyl (C=O) groups excluding carboxylic acids is 2. The first kappa shape index (κ1) is 18.2. The lowest BCUT2D eigenvalue weighted by Crippen LogP contribution is -2.34. The van der Waals surface area contributed by atoms with Gasteiger partial charge >= 0.3 is 0 Å². The molecule has 3 aromatic rings. The Morgan fingerprint density at radius 1 is 1.12 bits per heavy atom. The second kappa shape index (κ2) is 7.75. The molecule has 1 N–H and O–H groups in total. The van der Waals surface area contributed by atoms with Crippen LogP contribution in [-0.2, 0) is 4.79 Å². The first-order chi connectivity index (χ1) is 12.5. The first-order valence-corrected chi connectivity index (χ1v) is 9.07. The van der Waals surface area contributed by atoms with Gasteiger partial charge in [-0.2, -0.15) is 0 Å². The van der Waals surface area contributed by atoms with Crippen LogP contribution in [0.2, 0.25) is 5.02 Å². The van der Waals surface area contributed by atoms with E-state index in [0.717, 1.165) is 23.9 Å². The summed E-state index contributed by atoms with van der Waals surface area (Å²) < 4.78 is 0. The molecule has 4 nitrogen and oxygen atoms in total. The van der Waals surface area contributed by atoms with Crippen molar-refractivity contribution >= 4 is 34.2 Å². The topological polar surface area (TPSA) is 53.2 Å². The van der Waals surface area contributed by atoms with Gasteiger partial charge in [0.1, 0.15) is 0 Å². The summed E-state index contributed by atoms with van der Waals surface area (Å²) in [6, 6.07) is 14.8. The maximum absolute atomic E-state index is 13.1. The van der Waals surface area contributed by atoms with Crippen LogP contribution in [0.1, 0.15) is 30.1 Å². The number of rotatable bonds is 6. The number of benzene rings is 2. The number of ketones is 1. The van der Waals surface area contributed by atoms with Crippen molar-refractivity contribution in [1.29, 1.82) is 0 Å². The number of fused-ring (bicyclic) bond motifs is 1. The van der Waals surface area contributed by atoms with E-state index < -0.39 is 11.7 Å². The van der Waals surface area contributed by atoms with Gasteiger partial charge in [-0.15, -0.1) is 0 Å². The molecule has 26 heavy (non-hydrogen) atoms. The third-order valence-electron chi connectivity index (χ3n) is 4.44. The fraction of sp³-hybridized carbons (Fsp3) is 0.238. The number of carbonyl (C=O) groups is 2. The number of likely N-dealkylation sites (N-methyl/N-ethyl adjacent to an activating group) is 1. The van der Waals surface area contributed by atoms with Crippen LogP contribution in [0.4, 0.5) is 0 Å². The van der Waals surface area contributed by atoms with Crippen molar-refractivity contribution in [2.45, 2.75) is 19.8 Å². The normalized spacial score (nSPS) is 10.9. The Bertz CT molecular complexity index is 947. The van der Waals surface area contributed by atoms with Crippen molar-refractivity contribution in [1.82, 2.24) is 9.88 Å². The lowest BCUT2D eigenvalue weighted by Gasteiger charge is -2.16. The Morgan fingerprint density at radius 2 is 1.85 bits per heavy atom. The fourth-order valence-electron chi connectivity index (χ4n) is 3.00. The second-order valence-electron chi connectivity index (χ2n) is 6.34. The maximum Gasteiger partial charge on any atom is 0.294 e. The van der Waals surface area contributed by atoms with Crippen molar-refractivity contribution in [3.63, 3.8) is 0 Å². The van der Waals surface area contributed by atoms with E-state index in [1.165, 1.54) is 4.90 Å². The number of hydrogen-bond acceptors (Lipinski definition) is 2. The number of aromatic amines is 1. The number of H-pyrrole nitrogens is 1. The van der Waals surface area contributed by atoms with Crippen LogP contribution in [0.15, 0.2) is 48.5 Å². The SMILES string of the molecule is CCCCN(C)C(=O)C(=O)c1c(-c2ccccc2)[nH]c2ccc(Cl)cc12. The van der Waals surface area contributed by atoms with E-state index in [1.54, 1.807) is 19.2 Å². The van der Waals surface area contributed by atoms with Crippen molar-refractivity contribution < 1.29 is 9.59 Å². The highest BCUT2D eigenvalue weighted by atomic mass is 35.5. The predicted molar refractivity (Wildman–Crippen MR) is 106 cm³/mol. The first-order valence-electron chi connectivity index (χ1n) is 8.69. The largest absolute Gasteiger partial charge is 0.354 e. The molecular formula is C21H21ClN2O2. The summed E-state index contributed by atoms with van der Waals surface area (Å²) in [5.41, 5.74) is 2.65. The number of unbranched alkanes of at least 4 members (excludes halogenated alkanes) is 1. The van der Waals surface area contributed by atoms with Gasteiger partial charge in [0.2, 0.25) is 0 Å². The summed E-state index contributed by atoms with van der Waals surface area (Å²) in [4.78, 5) is 30.5. The van der Waals surface area contributed by atoms with E-state index in [0.29, 0.717) is 28.2 Å². The van der Waals surface area contributed by atoms with Crippen LogP contribution >= 0.6 is 11.6 Å². The number of Topliss-reactive ketones (excluding diaryl/α,β-unsaturated/α-hetero) is 1. The minimum absolute atomic E-state index is 0.377. The number of hydrogen-bond donors (Lipinski definition) is 1. The molecule has 0 saturated heterocycles. The van der Waals surface area contributed by atoms with Gasteiger partial charge in [0.25, 0.3) is 11.7 Å². The Balaban J connectivity index is 2.12. The second-order valence-corrected chi connectivity index (χ2v) is 6.78. The molecule has 0 unspecified atom stereocenters. The van der Waals surface area contributed by atoms with Crippen LogP contribution in [0.5, 0.6) is 0 Å². The molecule has 0 aliphatic rings. The number of halogens is 1. The lowest BCUT2D eigenvalue weighted by molar-refractivity contribution is -0.125. The molecule has 0 aliphatic heterocycles. The maximum atomic E-state index is 13.1. The summed E-state index contributed by atoms with van der Waals surface area (Å²) in [5, 5.41) is 1.19. The van der Waals surface area contributed by atoms with Gasteiger partial charge in [0.15, 0.2) is 0 Å². The Labute approximate surface area is 157 Å². The molecule has 2 aromatic carbocycles. The Hall–Kier alpha value is -2.59. The van der Waals surface area contributed by atoms with Crippen molar-refractivity contribution in [2.24, 2.45) is 0 Å². The zero-order valence-electron chi connectivity index (χ0n) is 14.9. The molecule has 1 heterocycles. The summed E-state index contributed by atoms with van der Waals surface area (Å²) in [5.74, 6) is -1.02. The summed E-state index contributed by atoms with van der Waals surface area (Å²) in [7, 11) is 1.67. The summed E-state index contributed by atoms with van der Waals surface area (Å²) in [6.45, 7) is 2.61. The van der Waals surface area contributed by atoms with Crippen LogP contribution in [0.25, 0.3) is 22.2 Å². The molecule has 1 aromatic heterocycles. The van der Waals surface area contributed by atoms with E-state index in [1.807, 2.05) is 36.4 Å². The minimum Gasteiger partial charge on any atom is -0.354 e. The van der Waals surface area contributed by atoms with Crippen LogP contribution in [-0.4, -0.2) is 35.2 Å². The average molecular weight is 369 g/mol. The smallest absolute Gasteiger partial charge is 0.294 e. The van der Waals surface area contributed by atoms with Crippen LogP contribution in [0.3, 0.4) is 0 Å². The molecule has 5 heteroatoms. The minimum atomic E-state index is -0.518. The lowest BCUT2D eigenvalue weighted by atomic mass is 10.0. The van der Waals surface area contributed by atoms with Gasteiger partial charge in [-0.25, -0.2) is 0 Å². The highest BCUT2D eigenvalue weighted by Gasteiger charge is 2.27. The molecule has 0 atom stereocenters. The van der Waals surface area contributed by atoms with Crippen molar-refractivity contribution in [2.75, 3.05) is 13.6 Å². The standard InChI is InChI=1S/C21H21ClN2O2/c1-3-4-12-24(2)21(26)20(25)18-16-13-15(22)10-11-17(16)23-19(18)14-8-6-5-7-9-14/h5-11,13,23H,3-4,12H2,1-2H3. The molecule has 0 radical (unpaired) electrons. The van der Waals surface area contributed by atoms with Gasteiger partial charge in [0, 0.05) is 29.5 Å². The quantitative estimate of drug-likeness (QED) is 0.495. The monoisotopic (exact) mass is 368 g/mol. The molecule has 1 amide bonds. The van der Waals surface area contributed by atoms with Crippen molar-refractivity contribution in [3.8, 4) is 11.3 Å². The molecule has 134 valence electrons. The zero-order valence-corrected chi connectivity index (χ0v) is 15.6. The average Bonchev–Trinajstić information content (AvgIpc) is 3.04.